The first-order chi connectivity index (χ1) is 14.7. The van der Waals surface area contributed by atoms with E-state index in [1.54, 1.807) is 0 Å². The third-order valence-electron chi connectivity index (χ3n) is 5.92. The summed E-state index contributed by atoms with van der Waals surface area (Å²) in [5, 5.41) is 4.70. The molecule has 0 bridgehead atoms. The highest BCUT2D eigenvalue weighted by Gasteiger charge is 2.29. The third kappa shape index (κ3) is 5.59. The van der Waals surface area contributed by atoms with Gasteiger partial charge in [-0.3, -0.25) is 9.69 Å². The van der Waals surface area contributed by atoms with Crippen molar-refractivity contribution in [2.24, 2.45) is 5.92 Å². The van der Waals surface area contributed by atoms with E-state index in [1.165, 1.54) is 0 Å². The number of nitrogens with zero attached hydrogens (tertiary/aromatic N) is 4. The van der Waals surface area contributed by atoms with Gasteiger partial charge in [0.25, 0.3) is 0 Å². The number of carbonyl (C=O) groups is 1. The lowest BCUT2D eigenvalue weighted by Gasteiger charge is -2.32. The number of aromatic nitrogens is 2. The highest BCUT2D eigenvalue weighted by Crippen LogP contribution is 2.28. The van der Waals surface area contributed by atoms with Crippen LogP contribution >= 0.6 is 11.6 Å². The first-order valence-electron chi connectivity index (χ1n) is 10.9. The summed E-state index contributed by atoms with van der Waals surface area (Å²) in [6.45, 7) is 5.93. The molecule has 1 aliphatic heterocycles. The molecule has 30 heavy (non-hydrogen) atoms. The lowest BCUT2D eigenvalue weighted by molar-refractivity contribution is -0.138. The molecule has 1 saturated carbocycles. The molecule has 2 fully saturated rings. The van der Waals surface area contributed by atoms with Crippen LogP contribution in [0, 0.1) is 5.92 Å². The molecular formula is C22H29ClN4O3. The largest absolute Gasteiger partial charge is 0.379 e. The van der Waals surface area contributed by atoms with E-state index in [0.717, 1.165) is 70.6 Å². The second kappa shape index (κ2) is 10.4. The van der Waals surface area contributed by atoms with E-state index in [-0.39, 0.29) is 11.8 Å². The Morgan fingerprint density at radius 3 is 2.80 bits per heavy atom. The molecule has 0 radical (unpaired) electrons. The Balaban J connectivity index is 1.32. The van der Waals surface area contributed by atoms with Crippen molar-refractivity contribution in [2.45, 2.75) is 32.1 Å². The molecule has 2 aromatic rings. The van der Waals surface area contributed by atoms with Crippen molar-refractivity contribution in [1.82, 2.24) is 19.9 Å². The van der Waals surface area contributed by atoms with Crippen LogP contribution in [0.15, 0.2) is 28.8 Å². The summed E-state index contributed by atoms with van der Waals surface area (Å²) >= 11 is 6.05. The summed E-state index contributed by atoms with van der Waals surface area (Å²) in [6, 6.07) is 7.39. The van der Waals surface area contributed by atoms with E-state index in [9.17, 15) is 4.79 Å². The molecule has 1 aromatic carbocycles. The molecule has 0 atom stereocenters. The normalized spacial score (nSPS) is 17.6. The van der Waals surface area contributed by atoms with Crippen molar-refractivity contribution >= 4 is 17.5 Å². The van der Waals surface area contributed by atoms with Gasteiger partial charge in [-0.25, -0.2) is 0 Å². The van der Waals surface area contributed by atoms with E-state index >= 15 is 0 Å². The van der Waals surface area contributed by atoms with E-state index in [2.05, 4.69) is 15.0 Å². The topological polar surface area (TPSA) is 71.7 Å². The van der Waals surface area contributed by atoms with E-state index < -0.39 is 0 Å². The number of halogens is 1. The standard InChI is InChI=1S/C22H29ClN4O3/c23-19-7-2-6-18(16-19)21-24-20(30-25-21)8-11-27(22(28)17-4-1-5-17)10-3-9-26-12-14-29-15-13-26/h2,6-7,16-17H,1,3-5,8-15H2. The molecule has 2 heterocycles. The van der Waals surface area contributed by atoms with Crippen LogP contribution in [0.2, 0.25) is 5.02 Å². The van der Waals surface area contributed by atoms with Crippen LogP contribution in [0.3, 0.4) is 0 Å². The average Bonchev–Trinajstić information content (AvgIpc) is 3.19. The van der Waals surface area contributed by atoms with Crippen LogP contribution in [0.4, 0.5) is 0 Å². The molecule has 7 nitrogen and oxygen atoms in total. The van der Waals surface area contributed by atoms with Gasteiger partial charge < -0.3 is 14.2 Å². The minimum Gasteiger partial charge on any atom is -0.379 e. The molecule has 4 rings (SSSR count). The smallest absolute Gasteiger partial charge is 0.228 e. The minimum absolute atomic E-state index is 0.193. The van der Waals surface area contributed by atoms with Crippen LogP contribution in [-0.4, -0.2) is 71.8 Å². The summed E-state index contributed by atoms with van der Waals surface area (Å²) in [6.07, 6.45) is 4.71. The quantitative estimate of drug-likeness (QED) is 0.605. The second-order valence-electron chi connectivity index (χ2n) is 8.03. The van der Waals surface area contributed by atoms with E-state index in [4.69, 9.17) is 20.9 Å². The van der Waals surface area contributed by atoms with Crippen molar-refractivity contribution in [2.75, 3.05) is 45.9 Å². The second-order valence-corrected chi connectivity index (χ2v) is 8.47. The minimum atomic E-state index is 0.193. The van der Waals surface area contributed by atoms with Gasteiger partial charge in [-0.05, 0) is 31.4 Å². The number of morpholine rings is 1. The van der Waals surface area contributed by atoms with Gasteiger partial charge >= 0.3 is 0 Å². The fourth-order valence-corrected chi connectivity index (χ4v) is 4.08. The molecule has 162 valence electrons. The molecular weight excluding hydrogens is 404 g/mol. The predicted octanol–water partition coefficient (Wildman–Crippen LogP) is 3.28. The zero-order valence-corrected chi connectivity index (χ0v) is 18.0. The Morgan fingerprint density at radius 1 is 1.23 bits per heavy atom. The molecule has 1 aliphatic carbocycles. The zero-order valence-electron chi connectivity index (χ0n) is 17.3. The first kappa shape index (κ1) is 21.3. The monoisotopic (exact) mass is 432 g/mol. The third-order valence-corrected chi connectivity index (χ3v) is 6.15. The van der Waals surface area contributed by atoms with Crippen molar-refractivity contribution in [3.8, 4) is 11.4 Å². The molecule has 1 amide bonds. The van der Waals surface area contributed by atoms with Crippen molar-refractivity contribution < 1.29 is 14.1 Å². The van der Waals surface area contributed by atoms with Gasteiger partial charge in [0.05, 0.1) is 13.2 Å². The van der Waals surface area contributed by atoms with Gasteiger partial charge in [0, 0.05) is 55.6 Å². The van der Waals surface area contributed by atoms with E-state index in [1.807, 2.05) is 29.2 Å². The molecule has 0 unspecified atom stereocenters. The summed E-state index contributed by atoms with van der Waals surface area (Å²) < 4.78 is 10.8. The molecule has 2 aliphatic rings. The van der Waals surface area contributed by atoms with Crippen LogP contribution in [0.1, 0.15) is 31.6 Å². The fourth-order valence-electron chi connectivity index (χ4n) is 3.89. The van der Waals surface area contributed by atoms with Crippen molar-refractivity contribution in [1.29, 1.82) is 0 Å². The highest BCUT2D eigenvalue weighted by atomic mass is 35.5. The Hall–Kier alpha value is -1.96. The van der Waals surface area contributed by atoms with Crippen molar-refractivity contribution in [3.05, 3.63) is 35.2 Å². The number of hydrogen-bond donors (Lipinski definition) is 0. The maximum absolute atomic E-state index is 12.9. The Kier molecular flexibility index (Phi) is 7.36. The van der Waals surface area contributed by atoms with Gasteiger partial charge in [0.15, 0.2) is 0 Å². The van der Waals surface area contributed by atoms with Gasteiger partial charge in [-0.15, -0.1) is 0 Å². The molecule has 0 N–H and O–H groups in total. The number of benzene rings is 1. The van der Waals surface area contributed by atoms with Crippen LogP contribution < -0.4 is 0 Å². The van der Waals surface area contributed by atoms with Crippen LogP contribution in [0.5, 0.6) is 0 Å². The van der Waals surface area contributed by atoms with Gasteiger partial charge in [-0.1, -0.05) is 35.3 Å². The fraction of sp³-hybridized carbons (Fsp3) is 0.591. The maximum atomic E-state index is 12.9. The van der Waals surface area contributed by atoms with Gasteiger partial charge in [0.1, 0.15) is 0 Å². The van der Waals surface area contributed by atoms with Gasteiger partial charge in [-0.2, -0.15) is 4.98 Å². The lowest BCUT2D eigenvalue weighted by Crippen LogP contribution is -2.42. The number of hydrogen-bond acceptors (Lipinski definition) is 6. The maximum Gasteiger partial charge on any atom is 0.228 e. The summed E-state index contributed by atoms with van der Waals surface area (Å²) in [5.74, 6) is 1.54. The average molecular weight is 433 g/mol. The number of ether oxygens (including phenoxy) is 1. The zero-order chi connectivity index (χ0) is 20.8. The van der Waals surface area contributed by atoms with Crippen molar-refractivity contribution in [3.63, 3.8) is 0 Å². The number of carbonyl (C=O) groups excluding carboxylic acids is 1. The lowest BCUT2D eigenvalue weighted by atomic mass is 9.84. The number of amides is 1. The molecule has 0 spiro atoms. The SMILES string of the molecule is O=C(C1CCC1)N(CCCN1CCOCC1)CCc1nc(-c2cccc(Cl)c2)no1. The van der Waals surface area contributed by atoms with Crippen LogP contribution in [-0.2, 0) is 16.0 Å². The first-order valence-corrected chi connectivity index (χ1v) is 11.2. The van der Waals surface area contributed by atoms with E-state index in [0.29, 0.717) is 29.7 Å². The Labute approximate surface area is 182 Å². The molecule has 1 saturated heterocycles. The summed E-state index contributed by atoms with van der Waals surface area (Å²) in [4.78, 5) is 21.8. The Bertz CT molecular complexity index is 833. The molecule has 8 heteroatoms. The highest BCUT2D eigenvalue weighted by molar-refractivity contribution is 6.30. The molecule has 1 aromatic heterocycles. The van der Waals surface area contributed by atoms with Crippen LogP contribution in [0.25, 0.3) is 11.4 Å². The van der Waals surface area contributed by atoms with Gasteiger partial charge in [0.2, 0.25) is 17.6 Å². The predicted molar refractivity (Wildman–Crippen MR) is 114 cm³/mol. The Morgan fingerprint density at radius 2 is 2.07 bits per heavy atom. The summed E-state index contributed by atoms with van der Waals surface area (Å²) in [7, 11) is 0. The summed E-state index contributed by atoms with van der Waals surface area (Å²) in [5.41, 5.74) is 0.824. The number of rotatable bonds is 9.